The molecular weight excluding hydrogens is 262 g/mol. The standard InChI is InChI=1S/C13H23N3O4/c1-5-12(3,20)8-14-9(17)7-16-10(18)13(4,6-2)15-11(16)19/h20H,5-8H2,1-4H3,(H,14,17)(H,15,19). The van der Waals surface area contributed by atoms with E-state index in [-0.39, 0.29) is 13.1 Å². The van der Waals surface area contributed by atoms with Gasteiger partial charge in [0, 0.05) is 6.54 Å². The third-order valence-electron chi connectivity index (χ3n) is 3.78. The average Bonchev–Trinajstić information content (AvgIpc) is 2.61. The Morgan fingerprint density at radius 2 is 2.05 bits per heavy atom. The third kappa shape index (κ3) is 3.47. The summed E-state index contributed by atoms with van der Waals surface area (Å²) in [6, 6.07) is -0.559. The number of urea groups is 1. The zero-order valence-corrected chi connectivity index (χ0v) is 12.4. The molecule has 3 N–H and O–H groups in total. The van der Waals surface area contributed by atoms with E-state index in [4.69, 9.17) is 0 Å². The molecule has 0 bridgehead atoms. The van der Waals surface area contributed by atoms with Crippen molar-refractivity contribution in [3.63, 3.8) is 0 Å². The second-order valence-corrected chi connectivity index (χ2v) is 5.63. The van der Waals surface area contributed by atoms with Crippen molar-refractivity contribution in [1.29, 1.82) is 0 Å². The Balaban J connectivity index is 2.59. The van der Waals surface area contributed by atoms with E-state index in [0.717, 1.165) is 4.90 Å². The van der Waals surface area contributed by atoms with Crippen LogP contribution in [0.3, 0.4) is 0 Å². The minimum absolute atomic E-state index is 0.0804. The number of carbonyl (C=O) groups excluding carboxylic acids is 3. The van der Waals surface area contributed by atoms with Crippen LogP contribution in [0.4, 0.5) is 4.79 Å². The molecule has 0 saturated carbocycles. The van der Waals surface area contributed by atoms with Gasteiger partial charge in [0.15, 0.2) is 0 Å². The number of nitrogens with zero attached hydrogens (tertiary/aromatic N) is 1. The number of amides is 4. The van der Waals surface area contributed by atoms with E-state index in [0.29, 0.717) is 12.8 Å². The summed E-state index contributed by atoms with van der Waals surface area (Å²) in [4.78, 5) is 36.4. The van der Waals surface area contributed by atoms with Crippen LogP contribution >= 0.6 is 0 Å². The Hall–Kier alpha value is -1.63. The van der Waals surface area contributed by atoms with E-state index in [2.05, 4.69) is 10.6 Å². The number of rotatable bonds is 6. The van der Waals surface area contributed by atoms with Crippen LogP contribution in [0.5, 0.6) is 0 Å². The van der Waals surface area contributed by atoms with Crippen LogP contribution in [0.2, 0.25) is 0 Å². The molecule has 1 aliphatic heterocycles. The SMILES string of the molecule is CCC(C)(O)CNC(=O)CN1C(=O)NC(C)(CC)C1=O. The average molecular weight is 285 g/mol. The van der Waals surface area contributed by atoms with Gasteiger partial charge in [0.1, 0.15) is 12.1 Å². The molecule has 0 radical (unpaired) electrons. The van der Waals surface area contributed by atoms with Crippen LogP contribution in [0.25, 0.3) is 0 Å². The van der Waals surface area contributed by atoms with Crippen LogP contribution in [-0.4, -0.2) is 52.1 Å². The van der Waals surface area contributed by atoms with Crippen molar-refractivity contribution in [2.45, 2.75) is 51.7 Å². The highest BCUT2D eigenvalue weighted by Gasteiger charge is 2.46. The molecule has 1 rings (SSSR count). The third-order valence-corrected chi connectivity index (χ3v) is 3.78. The van der Waals surface area contributed by atoms with Crippen LogP contribution in [0.1, 0.15) is 40.5 Å². The van der Waals surface area contributed by atoms with Crippen LogP contribution in [0, 0.1) is 0 Å². The molecule has 1 fully saturated rings. The van der Waals surface area contributed by atoms with E-state index in [1.165, 1.54) is 0 Å². The Bertz CT molecular complexity index is 422. The summed E-state index contributed by atoms with van der Waals surface area (Å²) in [6.07, 6.45) is 0.949. The maximum atomic E-state index is 12.1. The first kappa shape index (κ1) is 16.4. The molecule has 0 aromatic rings. The Morgan fingerprint density at radius 1 is 1.45 bits per heavy atom. The molecule has 1 aliphatic rings. The van der Waals surface area contributed by atoms with Gasteiger partial charge >= 0.3 is 6.03 Å². The molecule has 114 valence electrons. The summed E-state index contributed by atoms with van der Waals surface area (Å²) in [7, 11) is 0. The molecule has 4 amide bonds. The van der Waals surface area contributed by atoms with Crippen molar-refractivity contribution >= 4 is 17.8 Å². The summed E-state index contributed by atoms with van der Waals surface area (Å²) in [6.45, 7) is 6.58. The molecule has 0 aromatic heterocycles. The maximum absolute atomic E-state index is 12.1. The van der Waals surface area contributed by atoms with E-state index in [9.17, 15) is 19.5 Å². The fraction of sp³-hybridized carbons (Fsp3) is 0.769. The Morgan fingerprint density at radius 3 is 2.50 bits per heavy atom. The van der Waals surface area contributed by atoms with Gasteiger partial charge in [-0.15, -0.1) is 0 Å². The predicted octanol–water partition coefficient (Wildman–Crippen LogP) is -0.0159. The van der Waals surface area contributed by atoms with E-state index in [1.54, 1.807) is 27.7 Å². The fourth-order valence-corrected chi connectivity index (χ4v) is 1.74. The fourth-order valence-electron chi connectivity index (χ4n) is 1.74. The first-order chi connectivity index (χ1) is 9.15. The van der Waals surface area contributed by atoms with E-state index >= 15 is 0 Å². The Kier molecular flexibility index (Phi) is 4.75. The zero-order chi connectivity index (χ0) is 15.6. The second-order valence-electron chi connectivity index (χ2n) is 5.63. The number of aliphatic hydroxyl groups is 1. The number of carbonyl (C=O) groups is 3. The van der Waals surface area contributed by atoms with Gasteiger partial charge < -0.3 is 15.7 Å². The number of nitrogens with one attached hydrogen (secondary N) is 2. The molecule has 2 unspecified atom stereocenters. The van der Waals surface area contributed by atoms with Crippen molar-refractivity contribution < 1.29 is 19.5 Å². The van der Waals surface area contributed by atoms with Crippen molar-refractivity contribution in [2.24, 2.45) is 0 Å². The monoisotopic (exact) mass is 285 g/mol. The summed E-state index contributed by atoms with van der Waals surface area (Å²) in [5.41, 5.74) is -1.93. The minimum atomic E-state index is -0.995. The summed E-state index contributed by atoms with van der Waals surface area (Å²) >= 11 is 0. The lowest BCUT2D eigenvalue weighted by Crippen LogP contribution is -2.47. The van der Waals surface area contributed by atoms with Crippen LogP contribution < -0.4 is 10.6 Å². The zero-order valence-electron chi connectivity index (χ0n) is 12.4. The quantitative estimate of drug-likeness (QED) is 0.597. The van der Waals surface area contributed by atoms with Gasteiger partial charge in [0.05, 0.1) is 5.60 Å². The highest BCUT2D eigenvalue weighted by atomic mass is 16.3. The summed E-state index contributed by atoms with van der Waals surface area (Å²) in [5.74, 6) is -0.870. The molecule has 1 saturated heterocycles. The lowest BCUT2D eigenvalue weighted by molar-refractivity contribution is -0.134. The molecule has 1 heterocycles. The maximum Gasteiger partial charge on any atom is 0.325 e. The number of hydrogen-bond acceptors (Lipinski definition) is 4. The lowest BCUT2D eigenvalue weighted by Gasteiger charge is -2.22. The van der Waals surface area contributed by atoms with E-state index in [1.807, 2.05) is 0 Å². The van der Waals surface area contributed by atoms with Crippen molar-refractivity contribution in [2.75, 3.05) is 13.1 Å². The molecule has 0 aromatic carbocycles. The summed E-state index contributed by atoms with van der Waals surface area (Å²) in [5, 5.41) is 14.9. The molecule has 0 spiro atoms. The molecule has 20 heavy (non-hydrogen) atoms. The van der Waals surface area contributed by atoms with Crippen molar-refractivity contribution in [1.82, 2.24) is 15.5 Å². The highest BCUT2D eigenvalue weighted by Crippen LogP contribution is 2.20. The first-order valence-corrected chi connectivity index (χ1v) is 6.78. The second kappa shape index (κ2) is 5.78. The largest absolute Gasteiger partial charge is 0.388 e. The van der Waals surface area contributed by atoms with Gasteiger partial charge in [0.2, 0.25) is 5.91 Å². The van der Waals surface area contributed by atoms with Gasteiger partial charge in [0.25, 0.3) is 5.91 Å². The molecule has 7 nitrogen and oxygen atoms in total. The van der Waals surface area contributed by atoms with Crippen LogP contribution in [0.15, 0.2) is 0 Å². The normalized spacial score (nSPS) is 25.4. The van der Waals surface area contributed by atoms with Gasteiger partial charge in [-0.1, -0.05) is 13.8 Å². The van der Waals surface area contributed by atoms with Gasteiger partial charge in [-0.3, -0.25) is 14.5 Å². The topological polar surface area (TPSA) is 98.7 Å². The van der Waals surface area contributed by atoms with Gasteiger partial charge in [-0.25, -0.2) is 4.79 Å². The number of imide groups is 1. The predicted molar refractivity (Wildman–Crippen MR) is 72.9 cm³/mol. The first-order valence-electron chi connectivity index (χ1n) is 6.78. The highest BCUT2D eigenvalue weighted by molar-refractivity contribution is 6.08. The summed E-state index contributed by atoms with van der Waals surface area (Å²) < 4.78 is 0. The molecule has 2 atom stereocenters. The smallest absolute Gasteiger partial charge is 0.325 e. The molecular formula is C13H23N3O4. The molecule has 7 heteroatoms. The lowest BCUT2D eigenvalue weighted by atomic mass is 9.99. The van der Waals surface area contributed by atoms with Crippen LogP contribution in [-0.2, 0) is 9.59 Å². The number of hydrogen-bond donors (Lipinski definition) is 3. The molecule has 0 aliphatic carbocycles. The Labute approximate surface area is 118 Å². The minimum Gasteiger partial charge on any atom is -0.388 e. The van der Waals surface area contributed by atoms with Gasteiger partial charge in [-0.2, -0.15) is 0 Å². The van der Waals surface area contributed by atoms with E-state index < -0.39 is 29.0 Å². The van der Waals surface area contributed by atoms with Crippen molar-refractivity contribution in [3.8, 4) is 0 Å². The van der Waals surface area contributed by atoms with Crippen molar-refractivity contribution in [3.05, 3.63) is 0 Å². The van der Waals surface area contributed by atoms with Gasteiger partial charge in [-0.05, 0) is 26.7 Å².